The van der Waals surface area contributed by atoms with Gasteiger partial charge in [0, 0.05) is 18.3 Å². The normalized spacial score (nSPS) is 29.8. The predicted octanol–water partition coefficient (Wildman–Crippen LogP) is 1.26. The number of rotatable bonds is 1. The summed E-state index contributed by atoms with van der Waals surface area (Å²) in [5.41, 5.74) is 2.20. The molecule has 1 saturated heterocycles. The maximum atomic E-state index is 11.7. The second-order valence-corrected chi connectivity index (χ2v) is 4.26. The fraction of sp³-hybridized carbons (Fsp3) is 0.556. The number of hydrogen-bond donors (Lipinski definition) is 0. The van der Waals surface area contributed by atoms with Gasteiger partial charge in [0.1, 0.15) is 5.54 Å². The molecule has 1 fully saturated rings. The zero-order chi connectivity index (χ0) is 9.47. The van der Waals surface area contributed by atoms with Gasteiger partial charge in [-0.25, -0.2) is 4.98 Å². The Balaban J connectivity index is 2.44. The Bertz CT molecular complexity index is 322. The first kappa shape index (κ1) is 8.84. The van der Waals surface area contributed by atoms with Crippen molar-refractivity contribution in [1.82, 2.24) is 9.88 Å². The van der Waals surface area contributed by atoms with Gasteiger partial charge in [-0.05, 0) is 14.0 Å². The molecule has 0 spiro atoms. The van der Waals surface area contributed by atoms with Crippen molar-refractivity contribution in [1.29, 1.82) is 0 Å². The molecule has 1 aromatic rings. The maximum Gasteiger partial charge on any atom is 0.160 e. The number of aromatic nitrogens is 1. The van der Waals surface area contributed by atoms with E-state index in [1.54, 1.807) is 5.51 Å². The summed E-state index contributed by atoms with van der Waals surface area (Å²) in [7, 11) is 1.98. The topological polar surface area (TPSA) is 33.2 Å². The third-order valence-corrected chi connectivity index (χ3v) is 3.50. The minimum absolute atomic E-state index is 0.279. The summed E-state index contributed by atoms with van der Waals surface area (Å²) in [4.78, 5) is 18.0. The van der Waals surface area contributed by atoms with E-state index < -0.39 is 5.54 Å². The zero-order valence-corrected chi connectivity index (χ0v) is 8.60. The van der Waals surface area contributed by atoms with Crippen molar-refractivity contribution in [3.05, 3.63) is 16.6 Å². The highest BCUT2D eigenvalue weighted by atomic mass is 32.1. The summed E-state index contributed by atoms with van der Waals surface area (Å²) in [6.07, 6.45) is 0.643. The van der Waals surface area contributed by atoms with E-state index in [0.29, 0.717) is 6.42 Å². The van der Waals surface area contributed by atoms with Crippen LogP contribution in [-0.4, -0.2) is 29.3 Å². The van der Waals surface area contributed by atoms with E-state index in [0.717, 1.165) is 12.2 Å². The standard InChI is InChI=1S/C9H12N2OS/c1-9(7-5-13-6-10-7)8(12)3-4-11(9)2/h5-6H,3-4H2,1-2H3. The number of likely N-dealkylation sites (N-methyl/N-ethyl adjacent to an activating group) is 1. The van der Waals surface area contributed by atoms with E-state index in [1.807, 2.05) is 19.4 Å². The van der Waals surface area contributed by atoms with Crippen LogP contribution in [0.25, 0.3) is 0 Å². The number of ketones is 1. The maximum absolute atomic E-state index is 11.7. The molecule has 0 amide bonds. The lowest BCUT2D eigenvalue weighted by Gasteiger charge is -2.28. The van der Waals surface area contributed by atoms with Gasteiger partial charge >= 0.3 is 0 Å². The molecule has 1 unspecified atom stereocenters. The van der Waals surface area contributed by atoms with Gasteiger partial charge in [-0.2, -0.15) is 0 Å². The fourth-order valence-electron chi connectivity index (χ4n) is 1.74. The average molecular weight is 196 g/mol. The summed E-state index contributed by atoms with van der Waals surface area (Å²) in [5, 5.41) is 1.96. The average Bonchev–Trinajstić information content (AvgIpc) is 2.70. The molecule has 1 aliphatic rings. The molecule has 0 N–H and O–H groups in total. The molecule has 2 heterocycles. The Kier molecular flexibility index (Phi) is 1.96. The number of Topliss-reactive ketones (excluding diaryl/α,β-unsaturated/α-hetero) is 1. The SMILES string of the molecule is CN1CCC(=O)C1(C)c1cscn1. The minimum atomic E-state index is -0.472. The molecule has 13 heavy (non-hydrogen) atoms. The molecule has 0 saturated carbocycles. The predicted molar refractivity (Wildman–Crippen MR) is 51.7 cm³/mol. The van der Waals surface area contributed by atoms with Crippen LogP contribution in [0.3, 0.4) is 0 Å². The van der Waals surface area contributed by atoms with Gasteiger partial charge in [0.15, 0.2) is 5.78 Å². The smallest absolute Gasteiger partial charge is 0.160 e. The Morgan fingerprint density at radius 1 is 1.69 bits per heavy atom. The molecule has 1 aromatic heterocycles. The van der Waals surface area contributed by atoms with Gasteiger partial charge < -0.3 is 0 Å². The van der Waals surface area contributed by atoms with Crippen LogP contribution in [-0.2, 0) is 10.3 Å². The van der Waals surface area contributed by atoms with Crippen molar-refractivity contribution in [2.75, 3.05) is 13.6 Å². The first-order valence-electron chi connectivity index (χ1n) is 4.29. The van der Waals surface area contributed by atoms with Crippen molar-refractivity contribution >= 4 is 17.1 Å². The van der Waals surface area contributed by atoms with Gasteiger partial charge in [-0.15, -0.1) is 11.3 Å². The second kappa shape index (κ2) is 2.89. The molecule has 0 aromatic carbocycles. The van der Waals surface area contributed by atoms with Crippen LogP contribution >= 0.6 is 11.3 Å². The Morgan fingerprint density at radius 3 is 2.92 bits per heavy atom. The summed E-state index contributed by atoms with van der Waals surface area (Å²) in [5.74, 6) is 0.279. The number of nitrogens with zero attached hydrogens (tertiary/aromatic N) is 2. The van der Waals surface area contributed by atoms with E-state index >= 15 is 0 Å². The molecular weight excluding hydrogens is 184 g/mol. The van der Waals surface area contributed by atoms with Crippen molar-refractivity contribution < 1.29 is 4.79 Å². The van der Waals surface area contributed by atoms with Crippen LogP contribution in [0.15, 0.2) is 10.9 Å². The molecule has 1 aliphatic heterocycles. The quantitative estimate of drug-likeness (QED) is 0.678. The molecule has 0 radical (unpaired) electrons. The summed E-state index contributed by atoms with van der Waals surface area (Å²) >= 11 is 1.54. The van der Waals surface area contributed by atoms with Crippen LogP contribution in [0.1, 0.15) is 19.0 Å². The van der Waals surface area contributed by atoms with Gasteiger partial charge in [0.05, 0.1) is 11.2 Å². The van der Waals surface area contributed by atoms with Crippen molar-refractivity contribution in [3.8, 4) is 0 Å². The molecule has 2 rings (SSSR count). The van der Waals surface area contributed by atoms with Crippen LogP contribution in [0, 0.1) is 0 Å². The van der Waals surface area contributed by atoms with E-state index in [1.165, 1.54) is 11.3 Å². The molecule has 3 nitrogen and oxygen atoms in total. The first-order chi connectivity index (χ1) is 6.15. The fourth-order valence-corrected chi connectivity index (χ4v) is 2.39. The van der Waals surface area contributed by atoms with Gasteiger partial charge in [0.2, 0.25) is 0 Å². The first-order valence-corrected chi connectivity index (χ1v) is 5.23. The number of carbonyl (C=O) groups excluding carboxylic acids is 1. The van der Waals surface area contributed by atoms with Gasteiger partial charge in [0.25, 0.3) is 0 Å². The highest BCUT2D eigenvalue weighted by Gasteiger charge is 2.44. The van der Waals surface area contributed by atoms with Crippen LogP contribution < -0.4 is 0 Å². The van der Waals surface area contributed by atoms with Crippen LogP contribution in [0.2, 0.25) is 0 Å². The van der Waals surface area contributed by atoms with E-state index in [-0.39, 0.29) is 5.78 Å². The molecule has 0 bridgehead atoms. The second-order valence-electron chi connectivity index (χ2n) is 3.54. The lowest BCUT2D eigenvalue weighted by molar-refractivity contribution is -0.124. The van der Waals surface area contributed by atoms with Gasteiger partial charge in [-0.3, -0.25) is 9.69 Å². The number of hydrogen-bond acceptors (Lipinski definition) is 4. The lowest BCUT2D eigenvalue weighted by atomic mass is 9.94. The Hall–Kier alpha value is -0.740. The van der Waals surface area contributed by atoms with E-state index in [4.69, 9.17) is 0 Å². The van der Waals surface area contributed by atoms with Gasteiger partial charge in [-0.1, -0.05) is 0 Å². The highest BCUT2D eigenvalue weighted by Crippen LogP contribution is 2.33. The highest BCUT2D eigenvalue weighted by molar-refractivity contribution is 7.07. The van der Waals surface area contributed by atoms with Crippen molar-refractivity contribution in [3.63, 3.8) is 0 Å². The number of likely N-dealkylation sites (tertiary alicyclic amines) is 1. The molecule has 4 heteroatoms. The Labute approximate surface area is 81.4 Å². The largest absolute Gasteiger partial charge is 0.297 e. The monoisotopic (exact) mass is 196 g/mol. The van der Waals surface area contributed by atoms with Crippen molar-refractivity contribution in [2.24, 2.45) is 0 Å². The minimum Gasteiger partial charge on any atom is -0.297 e. The molecule has 0 aliphatic carbocycles. The lowest BCUT2D eigenvalue weighted by Crippen LogP contribution is -2.40. The van der Waals surface area contributed by atoms with Crippen LogP contribution in [0.5, 0.6) is 0 Å². The molecular formula is C9H12N2OS. The van der Waals surface area contributed by atoms with E-state index in [9.17, 15) is 4.79 Å². The zero-order valence-electron chi connectivity index (χ0n) is 7.78. The Morgan fingerprint density at radius 2 is 2.46 bits per heavy atom. The third-order valence-electron chi connectivity index (χ3n) is 2.91. The molecule has 70 valence electrons. The summed E-state index contributed by atoms with van der Waals surface area (Å²) in [6, 6.07) is 0. The van der Waals surface area contributed by atoms with Crippen LogP contribution in [0.4, 0.5) is 0 Å². The number of carbonyl (C=O) groups is 1. The van der Waals surface area contributed by atoms with Crippen molar-refractivity contribution in [2.45, 2.75) is 18.9 Å². The molecule has 1 atom stereocenters. The summed E-state index contributed by atoms with van der Waals surface area (Å²) < 4.78 is 0. The summed E-state index contributed by atoms with van der Waals surface area (Å²) in [6.45, 7) is 2.80. The van der Waals surface area contributed by atoms with E-state index in [2.05, 4.69) is 9.88 Å². The number of thiazole rings is 1. The third kappa shape index (κ3) is 1.13.